The number of carbonyl (C=O) groups excluding carboxylic acids is 1. The monoisotopic (exact) mass is 196 g/mol. The first kappa shape index (κ1) is 11.3. The average molecular weight is 196 g/mol. The normalized spacial score (nSPS) is 20.1. The Bertz CT molecular complexity index is 210. The lowest BCUT2D eigenvalue weighted by atomic mass is 9.77. The molecule has 14 heavy (non-hydrogen) atoms. The smallest absolute Gasteiger partial charge is 0.330 e. The van der Waals surface area contributed by atoms with Crippen molar-refractivity contribution in [3.63, 3.8) is 0 Å². The van der Waals surface area contributed by atoms with Crippen LogP contribution in [0.1, 0.15) is 45.4 Å². The molecule has 0 saturated heterocycles. The fourth-order valence-electron chi connectivity index (χ4n) is 1.91. The summed E-state index contributed by atoms with van der Waals surface area (Å²) in [4.78, 5) is 10.9. The molecule has 1 saturated carbocycles. The number of carbonyl (C=O) groups is 1. The van der Waals surface area contributed by atoms with Gasteiger partial charge in [0.1, 0.15) is 0 Å². The van der Waals surface area contributed by atoms with E-state index < -0.39 is 0 Å². The SMILES string of the molecule is CCCCCC1CC(=CC(=O)OC)C1. The highest BCUT2D eigenvalue weighted by Gasteiger charge is 2.22. The zero-order valence-corrected chi connectivity index (χ0v) is 9.21. The highest BCUT2D eigenvalue weighted by molar-refractivity contribution is 5.82. The van der Waals surface area contributed by atoms with Crippen LogP contribution < -0.4 is 0 Å². The first-order chi connectivity index (χ1) is 6.76. The van der Waals surface area contributed by atoms with Gasteiger partial charge in [-0.1, -0.05) is 31.8 Å². The second-order valence-electron chi connectivity index (χ2n) is 4.10. The summed E-state index contributed by atoms with van der Waals surface area (Å²) in [5.74, 6) is 0.629. The minimum Gasteiger partial charge on any atom is -0.466 e. The highest BCUT2D eigenvalue weighted by Crippen LogP contribution is 2.36. The molecule has 0 N–H and O–H groups in total. The van der Waals surface area contributed by atoms with Crippen LogP contribution in [0.2, 0.25) is 0 Å². The lowest BCUT2D eigenvalue weighted by Crippen LogP contribution is -2.16. The second kappa shape index (κ2) is 5.84. The van der Waals surface area contributed by atoms with Gasteiger partial charge in [0, 0.05) is 6.08 Å². The van der Waals surface area contributed by atoms with Gasteiger partial charge >= 0.3 is 5.97 Å². The Balaban J connectivity index is 2.10. The molecule has 2 nitrogen and oxygen atoms in total. The predicted octanol–water partition coefficient (Wildman–Crippen LogP) is 3.08. The summed E-state index contributed by atoms with van der Waals surface area (Å²) < 4.78 is 4.58. The van der Waals surface area contributed by atoms with Crippen molar-refractivity contribution < 1.29 is 9.53 Å². The van der Waals surface area contributed by atoms with E-state index in [1.54, 1.807) is 6.08 Å². The third-order valence-electron chi connectivity index (χ3n) is 2.84. The van der Waals surface area contributed by atoms with E-state index in [1.807, 2.05) is 0 Å². The van der Waals surface area contributed by atoms with Crippen LogP contribution in [0.3, 0.4) is 0 Å². The Morgan fingerprint density at radius 1 is 1.50 bits per heavy atom. The van der Waals surface area contributed by atoms with Crippen LogP contribution in [0.5, 0.6) is 0 Å². The zero-order valence-electron chi connectivity index (χ0n) is 9.21. The average Bonchev–Trinajstić information content (AvgIpc) is 2.13. The van der Waals surface area contributed by atoms with Crippen LogP contribution in [0.15, 0.2) is 11.6 Å². The van der Waals surface area contributed by atoms with Crippen molar-refractivity contribution in [3.05, 3.63) is 11.6 Å². The fourth-order valence-corrected chi connectivity index (χ4v) is 1.91. The van der Waals surface area contributed by atoms with Crippen molar-refractivity contribution in [3.8, 4) is 0 Å². The molecule has 0 heterocycles. The summed E-state index contributed by atoms with van der Waals surface area (Å²) in [5.41, 5.74) is 1.26. The van der Waals surface area contributed by atoms with Crippen molar-refractivity contribution in [2.75, 3.05) is 7.11 Å². The molecule has 0 aromatic rings. The third kappa shape index (κ3) is 3.52. The topological polar surface area (TPSA) is 26.3 Å². The molecular weight excluding hydrogens is 176 g/mol. The molecular formula is C12H20O2. The van der Waals surface area contributed by atoms with Gasteiger partial charge in [0.05, 0.1) is 7.11 Å². The molecule has 1 aliphatic rings. The van der Waals surface area contributed by atoms with E-state index in [4.69, 9.17) is 0 Å². The molecule has 1 rings (SSSR count). The number of esters is 1. The van der Waals surface area contributed by atoms with Gasteiger partial charge in [0.25, 0.3) is 0 Å². The Kier molecular flexibility index (Phi) is 4.71. The number of methoxy groups -OCH3 is 1. The quantitative estimate of drug-likeness (QED) is 0.384. The molecule has 0 unspecified atom stereocenters. The maximum Gasteiger partial charge on any atom is 0.330 e. The van der Waals surface area contributed by atoms with E-state index in [0.717, 1.165) is 18.8 Å². The summed E-state index contributed by atoms with van der Waals surface area (Å²) >= 11 is 0. The van der Waals surface area contributed by atoms with E-state index in [1.165, 1.54) is 38.4 Å². The van der Waals surface area contributed by atoms with Crippen LogP contribution in [-0.4, -0.2) is 13.1 Å². The zero-order chi connectivity index (χ0) is 10.4. The van der Waals surface area contributed by atoms with Gasteiger partial charge < -0.3 is 4.74 Å². The number of ether oxygens (including phenoxy) is 1. The molecule has 80 valence electrons. The molecule has 2 heteroatoms. The maximum atomic E-state index is 10.9. The molecule has 1 aliphatic carbocycles. The maximum absolute atomic E-state index is 10.9. The fraction of sp³-hybridized carbons (Fsp3) is 0.750. The lowest BCUT2D eigenvalue weighted by molar-refractivity contribution is -0.134. The first-order valence-electron chi connectivity index (χ1n) is 5.53. The van der Waals surface area contributed by atoms with Gasteiger partial charge in [0.2, 0.25) is 0 Å². The molecule has 0 aliphatic heterocycles. The Morgan fingerprint density at radius 3 is 2.79 bits per heavy atom. The standard InChI is InChI=1S/C12H20O2/c1-3-4-5-6-10-7-11(8-10)9-12(13)14-2/h9-10H,3-8H2,1-2H3. The van der Waals surface area contributed by atoms with E-state index in [-0.39, 0.29) is 5.97 Å². The van der Waals surface area contributed by atoms with Gasteiger partial charge in [-0.15, -0.1) is 0 Å². The van der Waals surface area contributed by atoms with Crippen LogP contribution in [0.25, 0.3) is 0 Å². The number of rotatable bonds is 5. The third-order valence-corrected chi connectivity index (χ3v) is 2.84. The Hall–Kier alpha value is -0.790. The molecule has 0 radical (unpaired) electrons. The van der Waals surface area contributed by atoms with E-state index in [9.17, 15) is 4.79 Å². The van der Waals surface area contributed by atoms with Crippen molar-refractivity contribution in [1.29, 1.82) is 0 Å². The number of allylic oxidation sites excluding steroid dienone is 1. The number of unbranched alkanes of at least 4 members (excludes halogenated alkanes) is 2. The summed E-state index contributed by atoms with van der Waals surface area (Å²) in [6.45, 7) is 2.23. The summed E-state index contributed by atoms with van der Waals surface area (Å²) in [5, 5.41) is 0. The Morgan fingerprint density at radius 2 is 2.21 bits per heavy atom. The van der Waals surface area contributed by atoms with Gasteiger partial charge in [-0.2, -0.15) is 0 Å². The van der Waals surface area contributed by atoms with Gasteiger partial charge in [-0.05, 0) is 25.2 Å². The van der Waals surface area contributed by atoms with Crippen molar-refractivity contribution in [1.82, 2.24) is 0 Å². The lowest BCUT2D eigenvalue weighted by Gasteiger charge is -2.28. The minimum atomic E-state index is -0.202. The number of hydrogen-bond donors (Lipinski definition) is 0. The molecule has 1 fully saturated rings. The van der Waals surface area contributed by atoms with Crippen LogP contribution in [-0.2, 0) is 9.53 Å². The highest BCUT2D eigenvalue weighted by atomic mass is 16.5. The van der Waals surface area contributed by atoms with Crippen molar-refractivity contribution in [2.24, 2.45) is 5.92 Å². The van der Waals surface area contributed by atoms with Crippen LogP contribution in [0.4, 0.5) is 0 Å². The van der Waals surface area contributed by atoms with E-state index >= 15 is 0 Å². The molecule has 0 aromatic heterocycles. The number of hydrogen-bond acceptors (Lipinski definition) is 2. The molecule has 0 amide bonds. The first-order valence-corrected chi connectivity index (χ1v) is 5.53. The Labute approximate surface area is 86.3 Å². The van der Waals surface area contributed by atoms with Gasteiger partial charge in [-0.25, -0.2) is 4.79 Å². The largest absolute Gasteiger partial charge is 0.466 e. The summed E-state index contributed by atoms with van der Waals surface area (Å²) in [7, 11) is 1.43. The molecule has 0 spiro atoms. The molecule has 0 atom stereocenters. The van der Waals surface area contributed by atoms with Crippen molar-refractivity contribution in [2.45, 2.75) is 45.4 Å². The van der Waals surface area contributed by atoms with Gasteiger partial charge in [0.15, 0.2) is 0 Å². The second-order valence-corrected chi connectivity index (χ2v) is 4.10. The van der Waals surface area contributed by atoms with E-state index in [2.05, 4.69) is 11.7 Å². The molecule has 0 aromatic carbocycles. The summed E-state index contributed by atoms with van der Waals surface area (Å²) in [6.07, 6.45) is 9.16. The van der Waals surface area contributed by atoms with Gasteiger partial charge in [-0.3, -0.25) is 0 Å². The van der Waals surface area contributed by atoms with Crippen LogP contribution in [0, 0.1) is 5.92 Å². The predicted molar refractivity (Wildman–Crippen MR) is 57.0 cm³/mol. The minimum absolute atomic E-state index is 0.202. The molecule has 0 bridgehead atoms. The summed E-state index contributed by atoms with van der Waals surface area (Å²) in [6, 6.07) is 0. The van der Waals surface area contributed by atoms with Crippen molar-refractivity contribution >= 4 is 5.97 Å². The van der Waals surface area contributed by atoms with E-state index in [0.29, 0.717) is 0 Å². The van der Waals surface area contributed by atoms with Crippen LogP contribution >= 0.6 is 0 Å².